The van der Waals surface area contributed by atoms with Crippen molar-refractivity contribution in [2.75, 3.05) is 32.7 Å². The molecule has 2 aliphatic heterocycles. The molecule has 2 N–H and O–H groups in total. The number of carbonyl (C=O) groups is 2. The van der Waals surface area contributed by atoms with E-state index in [0.717, 1.165) is 35.5 Å². The molecule has 4 rings (SSSR count). The van der Waals surface area contributed by atoms with Crippen molar-refractivity contribution in [1.29, 1.82) is 0 Å². The molecule has 0 bridgehead atoms. The van der Waals surface area contributed by atoms with Crippen LogP contribution in [-0.4, -0.2) is 99.6 Å². The Bertz CT molecular complexity index is 1430. The molecule has 0 aliphatic carbocycles. The SMILES string of the molecule is CCCCN1C(=O)[C@@H]([C@H](O)C(C)C)NC(=O)C12CCN(Cc1c(C)nn(-c3ccc(S(=O)(=O)N(CC)CC)cc3)c1C)CC2.Cl. The molecular formula is C32H51ClN6O5S. The molecule has 2 atom stereocenters. The molecule has 3 heterocycles. The van der Waals surface area contributed by atoms with Gasteiger partial charge in [-0.2, -0.15) is 9.40 Å². The number of aliphatic hydroxyl groups is 1. The maximum absolute atomic E-state index is 13.6. The molecule has 11 nitrogen and oxygen atoms in total. The number of aryl methyl sites for hydroxylation is 1. The van der Waals surface area contributed by atoms with Crippen LogP contribution in [0.3, 0.4) is 0 Å². The fourth-order valence-corrected chi connectivity index (χ4v) is 7.98. The van der Waals surface area contributed by atoms with E-state index in [0.29, 0.717) is 52.1 Å². The summed E-state index contributed by atoms with van der Waals surface area (Å²) in [5.41, 5.74) is 2.84. The van der Waals surface area contributed by atoms with E-state index in [4.69, 9.17) is 5.10 Å². The van der Waals surface area contributed by atoms with Crippen LogP contribution in [0.25, 0.3) is 5.69 Å². The van der Waals surface area contributed by atoms with Crippen LogP contribution in [-0.2, 0) is 26.2 Å². The van der Waals surface area contributed by atoms with Gasteiger partial charge < -0.3 is 15.3 Å². The standard InChI is InChI=1S/C32H50N6O5S.ClH/c1-8-11-18-37-30(40)28(29(39)22(4)5)33-31(41)32(37)16-19-35(20-17-32)21-27-23(6)34-38(24(27)7)25-12-14-26(15-13-25)44(42,43)36(9-2)10-3;/h12-15,22,28-29,39H,8-11,16-21H2,1-7H3,(H,33,41);1H/t28-,29-;/m1./s1. The number of carbonyl (C=O) groups excluding carboxylic acids is 2. The lowest BCUT2D eigenvalue weighted by Gasteiger charge is -2.52. The van der Waals surface area contributed by atoms with E-state index in [1.807, 2.05) is 46.2 Å². The number of nitrogens with one attached hydrogen (secondary N) is 1. The lowest BCUT2D eigenvalue weighted by Crippen LogP contribution is -2.74. The van der Waals surface area contributed by atoms with Gasteiger partial charge in [0.1, 0.15) is 11.6 Å². The number of amides is 2. The molecule has 0 radical (unpaired) electrons. The number of nitrogens with zero attached hydrogens (tertiary/aromatic N) is 5. The lowest BCUT2D eigenvalue weighted by atomic mass is 9.80. The van der Waals surface area contributed by atoms with Crippen molar-refractivity contribution >= 4 is 34.2 Å². The second-order valence-corrected chi connectivity index (χ2v) is 14.4. The van der Waals surface area contributed by atoms with Crippen LogP contribution in [0.2, 0.25) is 0 Å². The number of hydrogen-bond donors (Lipinski definition) is 2. The number of aromatic nitrogens is 2. The van der Waals surface area contributed by atoms with E-state index in [1.165, 1.54) is 4.31 Å². The molecule has 0 saturated carbocycles. The first-order valence-corrected chi connectivity index (χ1v) is 17.4. The lowest BCUT2D eigenvalue weighted by molar-refractivity contribution is -0.165. The highest BCUT2D eigenvalue weighted by molar-refractivity contribution is 7.89. The number of unbranched alkanes of at least 4 members (excludes halogenated alkanes) is 1. The predicted molar refractivity (Wildman–Crippen MR) is 177 cm³/mol. The number of piperidine rings is 1. The molecule has 45 heavy (non-hydrogen) atoms. The smallest absolute Gasteiger partial charge is 0.248 e. The fraction of sp³-hybridized carbons (Fsp3) is 0.656. The fourth-order valence-electron chi connectivity index (χ4n) is 6.52. The summed E-state index contributed by atoms with van der Waals surface area (Å²) in [5, 5.41) is 18.4. The van der Waals surface area contributed by atoms with Crippen molar-refractivity contribution in [2.45, 2.75) is 103 Å². The molecule has 0 unspecified atom stereocenters. The molecule has 2 aliphatic rings. The largest absolute Gasteiger partial charge is 0.390 e. The number of rotatable bonds is 12. The quantitative estimate of drug-likeness (QED) is 0.355. The summed E-state index contributed by atoms with van der Waals surface area (Å²) in [4.78, 5) is 31.6. The first kappa shape index (κ1) is 37.0. The molecule has 2 aromatic rings. The minimum atomic E-state index is -3.54. The molecule has 2 saturated heterocycles. The highest BCUT2D eigenvalue weighted by atomic mass is 35.5. The Hall–Kier alpha value is -2.51. The number of likely N-dealkylation sites (tertiary alicyclic amines) is 1. The van der Waals surface area contributed by atoms with E-state index in [9.17, 15) is 23.1 Å². The van der Waals surface area contributed by atoms with Crippen molar-refractivity contribution in [3.05, 3.63) is 41.2 Å². The third kappa shape index (κ3) is 7.10. The molecule has 13 heteroatoms. The number of benzene rings is 1. The molecule has 2 amide bonds. The summed E-state index contributed by atoms with van der Waals surface area (Å²) < 4.78 is 29.1. The molecule has 2 fully saturated rings. The second-order valence-electron chi connectivity index (χ2n) is 12.5. The van der Waals surface area contributed by atoms with Gasteiger partial charge in [-0.1, -0.05) is 41.0 Å². The van der Waals surface area contributed by atoms with Crippen molar-refractivity contribution in [3.8, 4) is 5.69 Å². The highest BCUT2D eigenvalue weighted by Gasteiger charge is 2.54. The van der Waals surface area contributed by atoms with E-state index in [-0.39, 0.29) is 35.0 Å². The van der Waals surface area contributed by atoms with Gasteiger partial charge >= 0.3 is 0 Å². The first-order chi connectivity index (χ1) is 20.8. The molecular weight excluding hydrogens is 616 g/mol. The monoisotopic (exact) mass is 666 g/mol. The zero-order valence-corrected chi connectivity index (χ0v) is 29.4. The minimum absolute atomic E-state index is 0. The van der Waals surface area contributed by atoms with Gasteiger partial charge in [0.2, 0.25) is 21.8 Å². The van der Waals surface area contributed by atoms with Crippen LogP contribution in [0.4, 0.5) is 0 Å². The van der Waals surface area contributed by atoms with Gasteiger partial charge in [-0.3, -0.25) is 14.5 Å². The second kappa shape index (κ2) is 14.9. The van der Waals surface area contributed by atoms with Gasteiger partial charge in [0, 0.05) is 50.5 Å². The Morgan fingerprint density at radius 3 is 2.20 bits per heavy atom. The van der Waals surface area contributed by atoms with Crippen molar-refractivity contribution < 1.29 is 23.1 Å². The first-order valence-electron chi connectivity index (χ1n) is 16.0. The number of hydrogen-bond acceptors (Lipinski definition) is 7. The average Bonchev–Trinajstić information content (AvgIpc) is 3.28. The average molecular weight is 667 g/mol. The van der Waals surface area contributed by atoms with Gasteiger partial charge in [-0.25, -0.2) is 13.1 Å². The number of aliphatic hydroxyl groups excluding tert-OH is 1. The molecule has 1 spiro atoms. The van der Waals surface area contributed by atoms with Gasteiger partial charge in [0.15, 0.2) is 0 Å². The predicted octanol–water partition coefficient (Wildman–Crippen LogP) is 3.42. The minimum Gasteiger partial charge on any atom is -0.390 e. The van der Waals surface area contributed by atoms with Gasteiger partial charge in [-0.15, -0.1) is 12.4 Å². The van der Waals surface area contributed by atoms with E-state index in [2.05, 4.69) is 17.1 Å². The Morgan fingerprint density at radius 1 is 1.07 bits per heavy atom. The Morgan fingerprint density at radius 2 is 1.67 bits per heavy atom. The van der Waals surface area contributed by atoms with Crippen molar-refractivity contribution in [3.63, 3.8) is 0 Å². The summed E-state index contributed by atoms with van der Waals surface area (Å²) >= 11 is 0. The molecule has 1 aromatic carbocycles. The summed E-state index contributed by atoms with van der Waals surface area (Å²) in [6.45, 7) is 16.7. The summed E-state index contributed by atoms with van der Waals surface area (Å²) in [6.07, 6.45) is 1.82. The van der Waals surface area contributed by atoms with Crippen LogP contribution >= 0.6 is 12.4 Å². The zero-order valence-electron chi connectivity index (χ0n) is 27.7. The topological polar surface area (TPSA) is 128 Å². The van der Waals surface area contributed by atoms with Crippen LogP contribution in [0.1, 0.15) is 77.3 Å². The zero-order chi connectivity index (χ0) is 32.4. The highest BCUT2D eigenvalue weighted by Crippen LogP contribution is 2.35. The maximum Gasteiger partial charge on any atom is 0.248 e. The van der Waals surface area contributed by atoms with Crippen LogP contribution in [0, 0.1) is 19.8 Å². The molecule has 1 aromatic heterocycles. The summed E-state index contributed by atoms with van der Waals surface area (Å²) in [6, 6.07) is 5.93. The van der Waals surface area contributed by atoms with Crippen LogP contribution < -0.4 is 5.32 Å². The maximum atomic E-state index is 13.6. The molecule has 252 valence electrons. The number of sulfonamides is 1. The van der Waals surface area contributed by atoms with Crippen molar-refractivity contribution in [1.82, 2.24) is 29.2 Å². The van der Waals surface area contributed by atoms with Gasteiger partial charge in [0.05, 0.1) is 22.4 Å². The van der Waals surface area contributed by atoms with Gasteiger partial charge in [0.25, 0.3) is 0 Å². The van der Waals surface area contributed by atoms with E-state index in [1.54, 1.807) is 29.2 Å². The van der Waals surface area contributed by atoms with Crippen LogP contribution in [0.5, 0.6) is 0 Å². The van der Waals surface area contributed by atoms with Gasteiger partial charge in [-0.05, 0) is 63.3 Å². The normalized spacial score (nSPS) is 19.7. The Balaban J connectivity index is 0.00000552. The number of halogens is 1. The van der Waals surface area contributed by atoms with E-state index >= 15 is 0 Å². The Labute approximate surface area is 274 Å². The third-order valence-corrected chi connectivity index (χ3v) is 11.5. The van der Waals surface area contributed by atoms with Crippen molar-refractivity contribution in [2.24, 2.45) is 5.92 Å². The third-order valence-electron chi connectivity index (χ3n) is 9.45. The Kier molecular flexibility index (Phi) is 12.3. The summed E-state index contributed by atoms with van der Waals surface area (Å²) in [7, 11) is -3.54. The van der Waals surface area contributed by atoms with E-state index < -0.39 is 27.7 Å². The number of piperazine rings is 1. The van der Waals surface area contributed by atoms with Crippen LogP contribution in [0.15, 0.2) is 29.2 Å². The summed E-state index contributed by atoms with van der Waals surface area (Å²) in [5.74, 6) is -0.500.